The van der Waals surface area contributed by atoms with Crippen molar-refractivity contribution in [3.8, 4) is 5.75 Å². The molecular weight excluding hydrogens is 194 g/mol. The molecule has 4 heteroatoms. The quantitative estimate of drug-likeness (QED) is 0.729. The van der Waals surface area contributed by atoms with Crippen molar-refractivity contribution in [1.82, 2.24) is 0 Å². The van der Waals surface area contributed by atoms with Gasteiger partial charge in [0.15, 0.2) is 6.10 Å². The maximum Gasteiger partial charge on any atom is 0.258 e. The number of amides is 1. The van der Waals surface area contributed by atoms with E-state index in [4.69, 9.17) is 4.74 Å². The van der Waals surface area contributed by atoms with Gasteiger partial charge in [0.25, 0.3) is 5.91 Å². The summed E-state index contributed by atoms with van der Waals surface area (Å²) in [6.45, 7) is 1.82. The fraction of sp³-hybridized carbons (Fsp3) is 0.364. The van der Waals surface area contributed by atoms with E-state index >= 15 is 0 Å². The molecule has 15 heavy (non-hydrogen) atoms. The highest BCUT2D eigenvalue weighted by Gasteiger charge is 2.43. The minimum atomic E-state index is -0.855. The molecule has 0 aromatic heterocycles. The minimum Gasteiger partial charge on any atom is -0.497 e. The smallest absolute Gasteiger partial charge is 0.258 e. The summed E-state index contributed by atoms with van der Waals surface area (Å²) in [7, 11) is 1.59. The third-order valence-corrected chi connectivity index (χ3v) is 2.71. The zero-order chi connectivity index (χ0) is 11.0. The second-order valence-electron chi connectivity index (χ2n) is 3.59. The van der Waals surface area contributed by atoms with Crippen LogP contribution in [0, 0.1) is 0 Å². The molecule has 80 valence electrons. The Morgan fingerprint density at radius 1 is 1.33 bits per heavy atom. The number of methoxy groups -OCH3 is 1. The van der Waals surface area contributed by atoms with E-state index in [1.54, 1.807) is 36.3 Å². The van der Waals surface area contributed by atoms with Crippen LogP contribution in [-0.4, -0.2) is 30.3 Å². The molecule has 1 aliphatic rings. The number of aliphatic hydroxyl groups excluding tert-OH is 1. The second kappa shape index (κ2) is 3.55. The lowest BCUT2D eigenvalue weighted by Gasteiger charge is -2.42. The van der Waals surface area contributed by atoms with E-state index in [0.29, 0.717) is 0 Å². The molecule has 1 aromatic carbocycles. The lowest BCUT2D eigenvalue weighted by atomic mass is 9.99. The van der Waals surface area contributed by atoms with Crippen LogP contribution >= 0.6 is 0 Å². The standard InChI is InChI=1S/C11H13NO3/c1-7-10(13)11(14)12(7)8-3-5-9(15-2)6-4-8/h3-7,10,13H,1-2H3. The van der Waals surface area contributed by atoms with Gasteiger partial charge < -0.3 is 14.7 Å². The van der Waals surface area contributed by atoms with E-state index in [1.807, 2.05) is 6.92 Å². The Hall–Kier alpha value is -1.55. The SMILES string of the molecule is COc1ccc(N2C(=O)C(O)C2C)cc1. The number of rotatable bonds is 2. The summed E-state index contributed by atoms with van der Waals surface area (Å²) in [5.74, 6) is 0.507. The zero-order valence-corrected chi connectivity index (χ0v) is 8.68. The van der Waals surface area contributed by atoms with E-state index in [9.17, 15) is 9.90 Å². The van der Waals surface area contributed by atoms with Crippen molar-refractivity contribution >= 4 is 11.6 Å². The number of ether oxygens (including phenoxy) is 1. The highest BCUT2D eigenvalue weighted by Crippen LogP contribution is 2.29. The molecule has 0 bridgehead atoms. The van der Waals surface area contributed by atoms with Gasteiger partial charge in [0, 0.05) is 5.69 Å². The maximum atomic E-state index is 11.4. The topological polar surface area (TPSA) is 49.8 Å². The van der Waals surface area contributed by atoms with Crippen molar-refractivity contribution in [2.45, 2.75) is 19.1 Å². The van der Waals surface area contributed by atoms with Crippen molar-refractivity contribution < 1.29 is 14.6 Å². The summed E-state index contributed by atoms with van der Waals surface area (Å²) in [6.07, 6.45) is -0.855. The van der Waals surface area contributed by atoms with Gasteiger partial charge in [-0.25, -0.2) is 0 Å². The number of nitrogens with zero attached hydrogens (tertiary/aromatic N) is 1. The Kier molecular flexibility index (Phi) is 2.36. The maximum absolute atomic E-state index is 11.4. The normalized spacial score (nSPS) is 25.0. The largest absolute Gasteiger partial charge is 0.497 e. The van der Waals surface area contributed by atoms with Crippen LogP contribution in [0.25, 0.3) is 0 Å². The molecule has 2 unspecified atom stereocenters. The first-order valence-electron chi connectivity index (χ1n) is 4.80. The van der Waals surface area contributed by atoms with Crippen LogP contribution < -0.4 is 9.64 Å². The van der Waals surface area contributed by atoms with E-state index in [1.165, 1.54) is 0 Å². The van der Waals surface area contributed by atoms with Crippen molar-refractivity contribution in [3.63, 3.8) is 0 Å². The summed E-state index contributed by atoms with van der Waals surface area (Å²) in [5, 5.41) is 9.30. The summed E-state index contributed by atoms with van der Waals surface area (Å²) in [4.78, 5) is 12.9. The van der Waals surface area contributed by atoms with Crippen molar-refractivity contribution in [3.05, 3.63) is 24.3 Å². The summed E-state index contributed by atoms with van der Waals surface area (Å²) in [5.41, 5.74) is 0.790. The minimum absolute atomic E-state index is 0.147. The number of carbonyl (C=O) groups is 1. The fourth-order valence-corrected chi connectivity index (χ4v) is 1.71. The predicted octanol–water partition coefficient (Wildman–Crippen LogP) is 0.791. The highest BCUT2D eigenvalue weighted by atomic mass is 16.5. The zero-order valence-electron chi connectivity index (χ0n) is 8.68. The molecule has 1 aliphatic heterocycles. The first-order valence-corrected chi connectivity index (χ1v) is 4.80. The van der Waals surface area contributed by atoms with Gasteiger partial charge in [-0.15, -0.1) is 0 Å². The highest BCUT2D eigenvalue weighted by molar-refractivity contribution is 6.04. The van der Waals surface area contributed by atoms with Crippen molar-refractivity contribution in [2.75, 3.05) is 12.0 Å². The van der Waals surface area contributed by atoms with Gasteiger partial charge in [-0.1, -0.05) is 0 Å². The molecule has 1 N–H and O–H groups in total. The molecule has 2 rings (SSSR count). The molecule has 2 atom stereocenters. The van der Waals surface area contributed by atoms with Gasteiger partial charge in [0.2, 0.25) is 0 Å². The molecule has 1 amide bonds. The number of aliphatic hydroxyl groups is 1. The number of β-lactam (4-membered cyclic amide) rings is 1. The summed E-state index contributed by atoms with van der Waals surface area (Å²) in [6, 6.07) is 7.05. The monoisotopic (exact) mass is 207 g/mol. The third kappa shape index (κ3) is 1.47. The summed E-state index contributed by atoms with van der Waals surface area (Å²) >= 11 is 0. The average Bonchev–Trinajstić information content (AvgIpc) is 2.30. The third-order valence-electron chi connectivity index (χ3n) is 2.71. The molecule has 0 saturated carbocycles. The van der Waals surface area contributed by atoms with Gasteiger partial charge in [-0.05, 0) is 31.2 Å². The Morgan fingerprint density at radius 3 is 2.40 bits per heavy atom. The predicted molar refractivity (Wildman–Crippen MR) is 55.9 cm³/mol. The molecule has 1 fully saturated rings. The van der Waals surface area contributed by atoms with Gasteiger partial charge in [-0.2, -0.15) is 0 Å². The molecule has 1 heterocycles. The van der Waals surface area contributed by atoms with E-state index in [0.717, 1.165) is 11.4 Å². The van der Waals surface area contributed by atoms with Gasteiger partial charge >= 0.3 is 0 Å². The molecule has 0 aliphatic carbocycles. The number of anilines is 1. The Balaban J connectivity index is 2.20. The first-order chi connectivity index (χ1) is 7.15. The molecule has 1 aromatic rings. The Morgan fingerprint density at radius 2 is 1.93 bits per heavy atom. The molecule has 1 saturated heterocycles. The lowest BCUT2D eigenvalue weighted by Crippen LogP contribution is -2.63. The lowest BCUT2D eigenvalue weighted by molar-refractivity contribution is -0.136. The van der Waals surface area contributed by atoms with Crippen LogP contribution in [0.3, 0.4) is 0 Å². The number of hydrogen-bond acceptors (Lipinski definition) is 3. The molecule has 4 nitrogen and oxygen atoms in total. The molecule has 0 radical (unpaired) electrons. The van der Waals surface area contributed by atoms with Crippen LogP contribution in [0.4, 0.5) is 5.69 Å². The van der Waals surface area contributed by atoms with Crippen LogP contribution in [0.15, 0.2) is 24.3 Å². The second-order valence-corrected chi connectivity index (χ2v) is 3.59. The van der Waals surface area contributed by atoms with E-state index in [-0.39, 0.29) is 11.9 Å². The van der Waals surface area contributed by atoms with Crippen molar-refractivity contribution in [2.24, 2.45) is 0 Å². The van der Waals surface area contributed by atoms with E-state index < -0.39 is 6.10 Å². The van der Waals surface area contributed by atoms with Gasteiger partial charge in [-0.3, -0.25) is 4.79 Å². The fourth-order valence-electron chi connectivity index (χ4n) is 1.71. The van der Waals surface area contributed by atoms with Crippen LogP contribution in [0.1, 0.15) is 6.92 Å². The number of benzene rings is 1. The number of hydrogen-bond donors (Lipinski definition) is 1. The summed E-state index contributed by atoms with van der Waals surface area (Å²) < 4.78 is 5.02. The molecule has 0 spiro atoms. The molecular formula is C11H13NO3. The van der Waals surface area contributed by atoms with E-state index in [2.05, 4.69) is 0 Å². The first kappa shape index (κ1) is 9.98. The Labute approximate surface area is 88.1 Å². The van der Waals surface area contributed by atoms with Crippen LogP contribution in [0.5, 0.6) is 5.75 Å². The van der Waals surface area contributed by atoms with Gasteiger partial charge in [0.05, 0.1) is 13.2 Å². The average molecular weight is 207 g/mol. The Bertz CT molecular complexity index is 374. The van der Waals surface area contributed by atoms with Crippen molar-refractivity contribution in [1.29, 1.82) is 0 Å². The number of carbonyl (C=O) groups excluding carboxylic acids is 1. The van der Waals surface area contributed by atoms with Gasteiger partial charge in [0.1, 0.15) is 5.75 Å². The van der Waals surface area contributed by atoms with Crippen LogP contribution in [0.2, 0.25) is 0 Å². The van der Waals surface area contributed by atoms with Crippen LogP contribution in [-0.2, 0) is 4.79 Å².